The van der Waals surface area contributed by atoms with Gasteiger partial charge in [-0.2, -0.15) is 5.10 Å². The van der Waals surface area contributed by atoms with Crippen molar-refractivity contribution in [2.45, 2.75) is 32.4 Å². The molecule has 0 spiro atoms. The number of amides is 1. The molecule has 0 fully saturated rings. The van der Waals surface area contributed by atoms with Gasteiger partial charge in [0.25, 0.3) is 0 Å². The zero-order valence-corrected chi connectivity index (χ0v) is 9.40. The number of carbonyl (C=O) groups excluding carboxylic acids is 1. The molecule has 1 amide bonds. The van der Waals surface area contributed by atoms with Gasteiger partial charge in [-0.25, -0.2) is 0 Å². The minimum atomic E-state index is -0.389. The van der Waals surface area contributed by atoms with Crippen molar-refractivity contribution in [2.75, 3.05) is 6.54 Å². The maximum Gasteiger partial charge on any atom is 0.244 e. The Morgan fingerprint density at radius 1 is 1.67 bits per heavy atom. The van der Waals surface area contributed by atoms with Gasteiger partial charge in [-0.1, -0.05) is 0 Å². The zero-order valence-electron chi connectivity index (χ0n) is 9.40. The molecule has 0 saturated heterocycles. The van der Waals surface area contributed by atoms with Gasteiger partial charge >= 0.3 is 0 Å². The van der Waals surface area contributed by atoms with E-state index in [2.05, 4.69) is 10.4 Å². The van der Waals surface area contributed by atoms with Crippen molar-refractivity contribution in [3.63, 3.8) is 0 Å². The number of nitrogens with one attached hydrogen (secondary N) is 1. The first-order chi connectivity index (χ1) is 6.90. The first-order valence-electron chi connectivity index (χ1n) is 4.96. The highest BCUT2D eigenvalue weighted by molar-refractivity contribution is 5.79. The fraction of sp³-hybridized carbons (Fsp3) is 0.600. The number of nitrogens with two attached hydrogens (primary N) is 1. The molecule has 5 heteroatoms. The molecule has 1 atom stereocenters. The van der Waals surface area contributed by atoms with Crippen molar-refractivity contribution in [2.24, 2.45) is 5.73 Å². The van der Waals surface area contributed by atoms with Crippen LogP contribution in [0.15, 0.2) is 18.5 Å². The number of carbonyl (C=O) groups is 1. The van der Waals surface area contributed by atoms with Crippen LogP contribution in [0.25, 0.3) is 0 Å². The first kappa shape index (κ1) is 11.7. The second kappa shape index (κ2) is 4.44. The van der Waals surface area contributed by atoms with Crippen LogP contribution in [-0.4, -0.2) is 27.8 Å². The first-order valence-corrected chi connectivity index (χ1v) is 4.96. The third-order valence-electron chi connectivity index (χ3n) is 2.02. The lowest BCUT2D eigenvalue weighted by molar-refractivity contribution is -0.124. The molecule has 5 nitrogen and oxygen atoms in total. The van der Waals surface area contributed by atoms with Gasteiger partial charge in [-0.3, -0.25) is 9.48 Å². The van der Waals surface area contributed by atoms with E-state index in [1.165, 1.54) is 0 Å². The summed E-state index contributed by atoms with van der Waals surface area (Å²) in [5.41, 5.74) is 5.38. The molecule has 1 unspecified atom stereocenters. The summed E-state index contributed by atoms with van der Waals surface area (Å²) in [4.78, 5) is 11.7. The number of hydrogen-bond donors (Lipinski definition) is 2. The van der Waals surface area contributed by atoms with E-state index in [-0.39, 0.29) is 17.5 Å². The molecule has 0 saturated carbocycles. The van der Waals surface area contributed by atoms with E-state index in [1.807, 2.05) is 13.8 Å². The van der Waals surface area contributed by atoms with Gasteiger partial charge < -0.3 is 11.1 Å². The summed E-state index contributed by atoms with van der Waals surface area (Å²) < 4.78 is 1.61. The molecule has 0 aromatic carbocycles. The van der Waals surface area contributed by atoms with E-state index >= 15 is 0 Å². The van der Waals surface area contributed by atoms with Crippen LogP contribution in [0.2, 0.25) is 0 Å². The highest BCUT2D eigenvalue weighted by Gasteiger charge is 2.17. The minimum Gasteiger partial charge on any atom is -0.352 e. The van der Waals surface area contributed by atoms with Crippen molar-refractivity contribution >= 4 is 5.91 Å². The summed E-state index contributed by atoms with van der Waals surface area (Å²) in [6.07, 6.45) is 3.41. The zero-order chi connectivity index (χ0) is 11.5. The van der Waals surface area contributed by atoms with Gasteiger partial charge in [0.1, 0.15) is 6.04 Å². The van der Waals surface area contributed by atoms with Gasteiger partial charge in [-0.05, 0) is 26.8 Å². The second-order valence-electron chi connectivity index (χ2n) is 4.37. The average Bonchev–Trinajstić information content (AvgIpc) is 2.64. The molecule has 0 aliphatic rings. The van der Waals surface area contributed by atoms with E-state index in [9.17, 15) is 4.79 Å². The molecule has 1 aromatic rings. The maximum absolute atomic E-state index is 11.7. The summed E-state index contributed by atoms with van der Waals surface area (Å²) >= 11 is 0. The largest absolute Gasteiger partial charge is 0.352 e. The molecule has 0 bridgehead atoms. The van der Waals surface area contributed by atoms with Crippen LogP contribution < -0.4 is 11.1 Å². The van der Waals surface area contributed by atoms with Crippen LogP contribution in [0.1, 0.15) is 26.8 Å². The molecule has 15 heavy (non-hydrogen) atoms. The smallest absolute Gasteiger partial charge is 0.244 e. The predicted molar refractivity (Wildman–Crippen MR) is 58.2 cm³/mol. The lowest BCUT2D eigenvalue weighted by Gasteiger charge is -2.20. The second-order valence-corrected chi connectivity index (χ2v) is 4.37. The molecule has 1 rings (SSSR count). The quantitative estimate of drug-likeness (QED) is 0.750. The van der Waals surface area contributed by atoms with E-state index in [4.69, 9.17) is 5.73 Å². The fourth-order valence-corrected chi connectivity index (χ4v) is 1.09. The van der Waals surface area contributed by atoms with Gasteiger partial charge in [-0.15, -0.1) is 0 Å². The topological polar surface area (TPSA) is 72.9 Å². The van der Waals surface area contributed by atoms with E-state index < -0.39 is 0 Å². The van der Waals surface area contributed by atoms with Crippen LogP contribution in [0, 0.1) is 0 Å². The van der Waals surface area contributed by atoms with Crippen molar-refractivity contribution in [1.29, 1.82) is 0 Å². The van der Waals surface area contributed by atoms with E-state index in [1.54, 1.807) is 30.1 Å². The van der Waals surface area contributed by atoms with E-state index in [0.717, 1.165) is 0 Å². The van der Waals surface area contributed by atoms with Crippen molar-refractivity contribution in [3.8, 4) is 0 Å². The molecule has 0 aliphatic carbocycles. The lowest BCUT2D eigenvalue weighted by atomic mass is 10.1. The summed E-state index contributed by atoms with van der Waals surface area (Å²) in [6.45, 7) is 5.99. The third kappa shape index (κ3) is 3.71. The minimum absolute atomic E-state index is 0.0720. The highest BCUT2D eigenvalue weighted by atomic mass is 16.2. The molecule has 84 valence electrons. The Labute approximate surface area is 89.6 Å². The molecule has 0 radical (unpaired) electrons. The Balaban J connectivity index is 2.48. The number of nitrogens with zero attached hydrogens (tertiary/aromatic N) is 2. The molecular weight excluding hydrogens is 192 g/mol. The Bertz CT molecular complexity index is 313. The molecule has 1 aromatic heterocycles. The normalized spacial score (nSPS) is 13.6. The van der Waals surface area contributed by atoms with E-state index in [0.29, 0.717) is 6.54 Å². The highest BCUT2D eigenvalue weighted by Crippen LogP contribution is 2.03. The van der Waals surface area contributed by atoms with Gasteiger partial charge in [0.15, 0.2) is 0 Å². The summed E-state index contributed by atoms with van der Waals surface area (Å²) in [5, 5.41) is 6.79. The fourth-order valence-electron chi connectivity index (χ4n) is 1.09. The predicted octanol–water partition coefficient (Wildman–Crippen LogP) is 0.298. The molecule has 1 heterocycles. The standard InChI is InChI=1S/C10H18N4O/c1-8(14-6-4-5-13-14)9(15)12-7-10(2,3)11/h4-6,8H,7,11H2,1-3H3,(H,12,15). The van der Waals surface area contributed by atoms with Gasteiger partial charge in [0.2, 0.25) is 5.91 Å². The van der Waals surface area contributed by atoms with Crippen molar-refractivity contribution in [3.05, 3.63) is 18.5 Å². The SMILES string of the molecule is CC(C(=O)NCC(C)(C)N)n1cccn1. The average molecular weight is 210 g/mol. The summed E-state index contributed by atoms with van der Waals surface area (Å²) in [7, 11) is 0. The maximum atomic E-state index is 11.7. The summed E-state index contributed by atoms with van der Waals surface area (Å²) in [6, 6.07) is 1.48. The van der Waals surface area contributed by atoms with Crippen molar-refractivity contribution < 1.29 is 4.79 Å². The van der Waals surface area contributed by atoms with Gasteiger partial charge in [0.05, 0.1) is 0 Å². The van der Waals surface area contributed by atoms with Crippen molar-refractivity contribution in [1.82, 2.24) is 15.1 Å². The van der Waals surface area contributed by atoms with Gasteiger partial charge in [0, 0.05) is 24.5 Å². The molecular formula is C10H18N4O. The van der Waals surface area contributed by atoms with Crippen LogP contribution in [0.4, 0.5) is 0 Å². The molecule has 0 aliphatic heterocycles. The van der Waals surface area contributed by atoms with Crippen LogP contribution in [-0.2, 0) is 4.79 Å². The Morgan fingerprint density at radius 2 is 2.33 bits per heavy atom. The Hall–Kier alpha value is -1.36. The monoisotopic (exact) mass is 210 g/mol. The third-order valence-corrected chi connectivity index (χ3v) is 2.02. The van der Waals surface area contributed by atoms with Crippen LogP contribution in [0.5, 0.6) is 0 Å². The van der Waals surface area contributed by atoms with Crippen LogP contribution in [0.3, 0.4) is 0 Å². The summed E-state index contributed by atoms with van der Waals surface area (Å²) in [5.74, 6) is -0.0720. The Kier molecular flexibility index (Phi) is 3.47. The number of aromatic nitrogens is 2. The number of hydrogen-bond acceptors (Lipinski definition) is 3. The van der Waals surface area contributed by atoms with Crippen LogP contribution >= 0.6 is 0 Å². The lowest BCUT2D eigenvalue weighted by Crippen LogP contribution is -2.46. The molecule has 3 N–H and O–H groups in total. The number of rotatable bonds is 4. The Morgan fingerprint density at radius 3 is 2.80 bits per heavy atom.